The molecule has 45 heavy (non-hydrogen) atoms. The largest absolute Gasteiger partial charge is 0.321 e. The Morgan fingerprint density at radius 1 is 0.867 bits per heavy atom. The van der Waals surface area contributed by atoms with Gasteiger partial charge in [0.15, 0.2) is 5.13 Å². The van der Waals surface area contributed by atoms with E-state index in [9.17, 15) is 14.4 Å². The van der Waals surface area contributed by atoms with Gasteiger partial charge < -0.3 is 16.0 Å². The van der Waals surface area contributed by atoms with Crippen LogP contribution in [0.1, 0.15) is 21.5 Å². The van der Waals surface area contributed by atoms with Gasteiger partial charge in [-0.25, -0.2) is 4.98 Å². The molecule has 0 saturated heterocycles. The summed E-state index contributed by atoms with van der Waals surface area (Å²) >= 11 is 15.2. The molecule has 226 valence electrons. The predicted octanol–water partition coefficient (Wildman–Crippen LogP) is 8.57. The summed E-state index contributed by atoms with van der Waals surface area (Å²) in [5, 5.41) is 11.4. The van der Waals surface area contributed by atoms with Crippen molar-refractivity contribution >= 4 is 80.9 Å². The van der Waals surface area contributed by atoms with Gasteiger partial charge in [0.05, 0.1) is 21.5 Å². The van der Waals surface area contributed by atoms with Crippen molar-refractivity contribution in [1.29, 1.82) is 0 Å². The Bertz CT molecular complexity index is 1860. The highest BCUT2D eigenvalue weighted by molar-refractivity contribution is 8.00. The fraction of sp³-hybridized carbons (Fsp3) is 0.0588. The third-order valence-corrected chi connectivity index (χ3v) is 8.99. The van der Waals surface area contributed by atoms with Crippen LogP contribution in [0, 0.1) is 6.92 Å². The predicted molar refractivity (Wildman–Crippen MR) is 185 cm³/mol. The van der Waals surface area contributed by atoms with Crippen LogP contribution in [0.2, 0.25) is 10.0 Å². The molecule has 5 aromatic rings. The minimum atomic E-state index is -0.552. The molecule has 0 fully saturated rings. The molecule has 0 saturated carbocycles. The Balaban J connectivity index is 1.20. The zero-order valence-corrected chi connectivity index (χ0v) is 27.0. The zero-order chi connectivity index (χ0) is 31.8. The molecule has 0 radical (unpaired) electrons. The molecule has 0 aliphatic heterocycles. The number of carbonyl (C=O) groups excluding carboxylic acids is 3. The molecule has 0 atom stereocenters. The number of aryl methyl sites for hydroxylation is 1. The summed E-state index contributed by atoms with van der Waals surface area (Å²) in [6.07, 6.45) is 1.47. The number of halogens is 2. The van der Waals surface area contributed by atoms with Crippen molar-refractivity contribution in [3.63, 3.8) is 0 Å². The quantitative estimate of drug-likeness (QED) is 0.102. The lowest BCUT2D eigenvalue weighted by Gasteiger charge is -2.12. The second-order valence-electron chi connectivity index (χ2n) is 9.74. The topological polar surface area (TPSA) is 100 Å². The number of benzene rings is 4. The van der Waals surface area contributed by atoms with E-state index < -0.39 is 11.8 Å². The highest BCUT2D eigenvalue weighted by Crippen LogP contribution is 2.28. The molecule has 1 aromatic heterocycles. The number of nitrogens with zero attached hydrogens (tertiary/aromatic N) is 1. The van der Waals surface area contributed by atoms with Gasteiger partial charge >= 0.3 is 0 Å². The molecule has 0 aliphatic rings. The smallest absolute Gasteiger partial charge is 0.272 e. The fourth-order valence-corrected chi connectivity index (χ4v) is 5.85. The lowest BCUT2D eigenvalue weighted by Crippen LogP contribution is -2.30. The first-order valence-electron chi connectivity index (χ1n) is 13.6. The molecule has 11 heteroatoms. The monoisotopic (exact) mass is 672 g/mol. The number of nitrogens with one attached hydrogen (secondary N) is 3. The van der Waals surface area contributed by atoms with Crippen LogP contribution in [-0.2, 0) is 9.59 Å². The Morgan fingerprint density at radius 2 is 1.60 bits per heavy atom. The molecule has 4 aromatic carbocycles. The molecular weight excluding hydrogens is 647 g/mol. The number of amides is 3. The van der Waals surface area contributed by atoms with Crippen LogP contribution in [-0.4, -0.2) is 28.5 Å². The molecule has 0 spiro atoms. The molecule has 1 heterocycles. The number of carbonyl (C=O) groups is 3. The summed E-state index contributed by atoms with van der Waals surface area (Å²) < 4.78 is 0. The van der Waals surface area contributed by atoms with Crippen LogP contribution in [0.3, 0.4) is 0 Å². The number of hydrogen-bond donors (Lipinski definition) is 3. The van der Waals surface area contributed by atoms with E-state index in [1.807, 2.05) is 36.6 Å². The average molecular weight is 674 g/mol. The molecular formula is C34H26Cl2N4O3S2. The van der Waals surface area contributed by atoms with Crippen LogP contribution >= 0.6 is 46.3 Å². The van der Waals surface area contributed by atoms with E-state index in [0.29, 0.717) is 27.0 Å². The van der Waals surface area contributed by atoms with Crippen molar-refractivity contribution in [2.75, 3.05) is 16.4 Å². The minimum Gasteiger partial charge on any atom is -0.321 e. The summed E-state index contributed by atoms with van der Waals surface area (Å²) in [7, 11) is 0. The number of hydrogen-bond acceptors (Lipinski definition) is 6. The molecule has 0 aliphatic carbocycles. The van der Waals surface area contributed by atoms with Crippen molar-refractivity contribution in [3.05, 3.63) is 135 Å². The highest BCUT2D eigenvalue weighted by atomic mass is 35.5. The third kappa shape index (κ3) is 8.83. The lowest BCUT2D eigenvalue weighted by molar-refractivity contribution is -0.114. The molecule has 0 bridgehead atoms. The third-order valence-electron chi connectivity index (χ3n) is 6.39. The Hall–Kier alpha value is -4.41. The van der Waals surface area contributed by atoms with Crippen molar-refractivity contribution in [2.45, 2.75) is 11.8 Å². The van der Waals surface area contributed by atoms with E-state index in [1.165, 1.54) is 34.7 Å². The van der Waals surface area contributed by atoms with Gasteiger partial charge in [0.2, 0.25) is 5.91 Å². The second kappa shape index (κ2) is 15.0. The van der Waals surface area contributed by atoms with Crippen molar-refractivity contribution in [2.24, 2.45) is 0 Å². The van der Waals surface area contributed by atoms with Gasteiger partial charge in [-0.15, -0.1) is 23.1 Å². The molecule has 3 amide bonds. The number of thioether (sulfide) groups is 1. The number of anilines is 2. The molecule has 0 unspecified atom stereocenters. The van der Waals surface area contributed by atoms with E-state index in [4.69, 9.17) is 23.2 Å². The maximum atomic E-state index is 13.3. The van der Waals surface area contributed by atoms with Gasteiger partial charge in [-0.05, 0) is 61.0 Å². The fourth-order valence-electron chi connectivity index (χ4n) is 4.06. The maximum absolute atomic E-state index is 13.3. The van der Waals surface area contributed by atoms with Gasteiger partial charge in [-0.1, -0.05) is 83.4 Å². The first-order valence-corrected chi connectivity index (χ1v) is 16.3. The van der Waals surface area contributed by atoms with Crippen molar-refractivity contribution in [3.8, 4) is 11.3 Å². The maximum Gasteiger partial charge on any atom is 0.272 e. The van der Waals surface area contributed by atoms with Crippen LogP contribution in [0.15, 0.2) is 113 Å². The number of rotatable bonds is 10. The summed E-state index contributed by atoms with van der Waals surface area (Å²) in [4.78, 5) is 44.1. The van der Waals surface area contributed by atoms with E-state index in [0.717, 1.165) is 16.2 Å². The number of aromatic nitrogens is 1. The van der Waals surface area contributed by atoms with Crippen molar-refractivity contribution < 1.29 is 14.4 Å². The normalized spacial score (nSPS) is 11.1. The van der Waals surface area contributed by atoms with Crippen LogP contribution in [0.25, 0.3) is 17.3 Å². The van der Waals surface area contributed by atoms with Gasteiger partial charge in [-0.2, -0.15) is 0 Å². The Kier molecular flexibility index (Phi) is 10.7. The summed E-state index contributed by atoms with van der Waals surface area (Å²) in [5.41, 5.74) is 4.32. The molecule has 5 rings (SSSR count). The van der Waals surface area contributed by atoms with Crippen LogP contribution in [0.5, 0.6) is 0 Å². The second-order valence-corrected chi connectivity index (χ2v) is 12.4. The first-order chi connectivity index (χ1) is 21.7. The van der Waals surface area contributed by atoms with Gasteiger partial charge in [0.25, 0.3) is 11.8 Å². The van der Waals surface area contributed by atoms with Gasteiger partial charge in [0, 0.05) is 27.1 Å². The van der Waals surface area contributed by atoms with Crippen molar-refractivity contribution in [1.82, 2.24) is 10.3 Å². The van der Waals surface area contributed by atoms with E-state index in [2.05, 4.69) is 20.9 Å². The minimum absolute atomic E-state index is 0.0177. The summed E-state index contributed by atoms with van der Waals surface area (Å²) in [5.74, 6) is -0.997. The van der Waals surface area contributed by atoms with Gasteiger partial charge in [0.1, 0.15) is 5.70 Å². The summed E-state index contributed by atoms with van der Waals surface area (Å²) in [6, 6.07) is 28.7. The van der Waals surface area contributed by atoms with E-state index in [-0.39, 0.29) is 22.4 Å². The first kappa shape index (κ1) is 32.0. The zero-order valence-electron chi connectivity index (χ0n) is 23.8. The Labute approximate surface area is 278 Å². The molecule has 7 nitrogen and oxygen atoms in total. The number of thiazole rings is 1. The standard InChI is InChI=1S/C34H26Cl2N4O3S2/c1-21-10-12-22(13-11-21)29-19-45-34(39-29)40-30(41)20-44-26-16-14-25(15-17-26)37-33(43)28(18-24-8-5-9-27(35)31(24)36)38-32(42)23-6-3-2-4-7-23/h2-19H,20H2,1H3,(H,37,43)(H,38,42)(H,39,40,41)/b28-18-. The van der Waals surface area contributed by atoms with Crippen LogP contribution in [0.4, 0.5) is 10.8 Å². The lowest BCUT2D eigenvalue weighted by atomic mass is 10.1. The summed E-state index contributed by atoms with van der Waals surface area (Å²) in [6.45, 7) is 2.03. The average Bonchev–Trinajstić information content (AvgIpc) is 3.51. The molecule has 3 N–H and O–H groups in total. The van der Waals surface area contributed by atoms with Crippen LogP contribution < -0.4 is 16.0 Å². The Morgan fingerprint density at radius 3 is 2.33 bits per heavy atom. The van der Waals surface area contributed by atoms with Gasteiger partial charge in [-0.3, -0.25) is 14.4 Å². The SMILES string of the molecule is Cc1ccc(-c2csc(NC(=O)CSc3ccc(NC(=O)/C(=C/c4cccc(Cl)c4Cl)NC(=O)c4ccccc4)cc3)n2)cc1. The highest BCUT2D eigenvalue weighted by Gasteiger charge is 2.17. The van der Waals surface area contributed by atoms with E-state index >= 15 is 0 Å². The van der Waals surface area contributed by atoms with E-state index in [1.54, 1.807) is 72.8 Å².